The molecule has 0 aliphatic heterocycles. The third kappa shape index (κ3) is 3.64. The van der Waals surface area contributed by atoms with Gasteiger partial charge in [0.1, 0.15) is 5.75 Å². The molecule has 0 saturated heterocycles. The highest BCUT2D eigenvalue weighted by atomic mass is 19.4. The lowest BCUT2D eigenvalue weighted by molar-refractivity contribution is -0.274. The molecule has 2 rings (SSSR count). The van der Waals surface area contributed by atoms with E-state index in [1.54, 1.807) is 13.2 Å². The van der Waals surface area contributed by atoms with E-state index < -0.39 is 12.5 Å². The van der Waals surface area contributed by atoms with E-state index in [1.807, 2.05) is 0 Å². The van der Waals surface area contributed by atoms with Gasteiger partial charge < -0.3 is 14.6 Å². The van der Waals surface area contributed by atoms with Gasteiger partial charge >= 0.3 is 6.36 Å². The summed E-state index contributed by atoms with van der Waals surface area (Å²) < 4.78 is 45.7. The minimum atomic E-state index is -4.73. The molecule has 1 atom stereocenters. The maximum atomic E-state index is 12.2. The summed E-state index contributed by atoms with van der Waals surface area (Å²) in [4.78, 5) is 0. The van der Waals surface area contributed by atoms with Crippen molar-refractivity contribution in [2.45, 2.75) is 43.8 Å². The highest BCUT2D eigenvalue weighted by Crippen LogP contribution is 2.42. The number of aliphatic hydroxyl groups excluding tert-OH is 1. The van der Waals surface area contributed by atoms with Crippen LogP contribution in [0.3, 0.4) is 0 Å². The lowest BCUT2D eigenvalue weighted by Gasteiger charge is -2.41. The van der Waals surface area contributed by atoms with Gasteiger partial charge in [-0.3, -0.25) is 0 Å². The summed E-state index contributed by atoms with van der Waals surface area (Å²) in [5.41, 5.74) is 0.0513. The zero-order chi connectivity index (χ0) is 14.8. The molecule has 1 fully saturated rings. The van der Waals surface area contributed by atoms with Crippen LogP contribution in [0.5, 0.6) is 5.75 Å². The maximum absolute atomic E-state index is 12.2. The second-order valence-corrected chi connectivity index (χ2v) is 5.08. The molecule has 1 N–H and O–H groups in total. The largest absolute Gasteiger partial charge is 0.573 e. The molecule has 20 heavy (non-hydrogen) atoms. The molecular formula is C14H17F3O3. The van der Waals surface area contributed by atoms with Crippen LogP contribution in [0.1, 0.15) is 37.4 Å². The molecule has 0 bridgehead atoms. The number of alkyl halides is 3. The van der Waals surface area contributed by atoms with Crippen LogP contribution in [0.25, 0.3) is 0 Å². The number of benzene rings is 1. The first-order valence-electron chi connectivity index (χ1n) is 6.42. The molecule has 0 radical (unpaired) electrons. The fourth-order valence-electron chi connectivity index (χ4n) is 2.45. The normalized spacial score (nSPS) is 19.2. The van der Waals surface area contributed by atoms with E-state index in [1.165, 1.54) is 18.2 Å². The van der Waals surface area contributed by atoms with Crippen LogP contribution in [0, 0.1) is 0 Å². The van der Waals surface area contributed by atoms with Gasteiger partial charge in [-0.25, -0.2) is 0 Å². The summed E-state index contributed by atoms with van der Waals surface area (Å²) >= 11 is 0. The molecule has 0 heterocycles. The van der Waals surface area contributed by atoms with Gasteiger partial charge in [0.15, 0.2) is 0 Å². The topological polar surface area (TPSA) is 38.7 Å². The quantitative estimate of drug-likeness (QED) is 0.901. The SMILES string of the molecule is COC1(CC(O)c2cccc(OC(F)(F)F)c2)CCC1. The van der Waals surface area contributed by atoms with Gasteiger partial charge in [0.05, 0.1) is 11.7 Å². The number of methoxy groups -OCH3 is 1. The number of hydrogen-bond acceptors (Lipinski definition) is 3. The molecule has 6 heteroatoms. The second kappa shape index (κ2) is 5.61. The Bertz CT molecular complexity index is 450. The van der Waals surface area contributed by atoms with E-state index >= 15 is 0 Å². The van der Waals surface area contributed by atoms with Gasteiger partial charge in [0.2, 0.25) is 0 Å². The first-order chi connectivity index (χ1) is 9.34. The van der Waals surface area contributed by atoms with Crippen LogP contribution in [0.2, 0.25) is 0 Å². The summed E-state index contributed by atoms with van der Waals surface area (Å²) in [7, 11) is 1.59. The molecule has 1 aromatic rings. The molecule has 1 aliphatic rings. The van der Waals surface area contributed by atoms with Crippen molar-refractivity contribution in [1.82, 2.24) is 0 Å². The summed E-state index contributed by atoms with van der Waals surface area (Å²) in [6.45, 7) is 0. The Labute approximate surface area is 115 Å². The van der Waals surface area contributed by atoms with Crippen molar-refractivity contribution in [1.29, 1.82) is 0 Å². The Morgan fingerprint density at radius 2 is 2.05 bits per heavy atom. The Kier molecular flexibility index (Phi) is 4.25. The Hall–Kier alpha value is -1.27. The Balaban J connectivity index is 2.06. The molecule has 1 unspecified atom stereocenters. The van der Waals surface area contributed by atoms with Gasteiger partial charge in [-0.05, 0) is 37.0 Å². The van der Waals surface area contributed by atoms with E-state index in [9.17, 15) is 18.3 Å². The van der Waals surface area contributed by atoms with Crippen LogP contribution in [0.4, 0.5) is 13.2 Å². The van der Waals surface area contributed by atoms with Crippen molar-refractivity contribution in [2.75, 3.05) is 7.11 Å². The lowest BCUT2D eigenvalue weighted by atomic mass is 9.75. The maximum Gasteiger partial charge on any atom is 0.573 e. The fraction of sp³-hybridized carbons (Fsp3) is 0.571. The zero-order valence-electron chi connectivity index (χ0n) is 11.1. The van der Waals surface area contributed by atoms with Crippen LogP contribution in [-0.4, -0.2) is 24.2 Å². The molecule has 1 aromatic carbocycles. The van der Waals surface area contributed by atoms with Gasteiger partial charge in [-0.2, -0.15) is 0 Å². The van der Waals surface area contributed by atoms with Crippen LogP contribution < -0.4 is 4.74 Å². The second-order valence-electron chi connectivity index (χ2n) is 5.08. The number of aliphatic hydroxyl groups is 1. The van der Waals surface area contributed by atoms with E-state index in [2.05, 4.69) is 4.74 Å². The number of ether oxygens (including phenoxy) is 2. The molecule has 0 spiro atoms. The number of halogens is 3. The molecule has 112 valence electrons. The molecule has 3 nitrogen and oxygen atoms in total. The van der Waals surface area contributed by atoms with Gasteiger partial charge in [0.25, 0.3) is 0 Å². The first-order valence-corrected chi connectivity index (χ1v) is 6.42. The third-order valence-electron chi connectivity index (χ3n) is 3.74. The third-order valence-corrected chi connectivity index (χ3v) is 3.74. The predicted octanol–water partition coefficient (Wildman–Crippen LogP) is 3.58. The fourth-order valence-corrected chi connectivity index (χ4v) is 2.45. The molecule has 1 aliphatic carbocycles. The van der Waals surface area contributed by atoms with Crippen molar-refractivity contribution < 1.29 is 27.8 Å². The molecule has 0 amide bonds. The standard InChI is InChI=1S/C14H17F3O3/c1-19-13(6-3-7-13)9-12(18)10-4-2-5-11(8-10)20-14(15,16)17/h2,4-5,8,12,18H,3,6-7,9H2,1H3. The van der Waals surface area contributed by atoms with E-state index in [0.29, 0.717) is 12.0 Å². The van der Waals surface area contributed by atoms with Gasteiger partial charge in [-0.15, -0.1) is 13.2 Å². The smallest absolute Gasteiger partial charge is 0.406 e. The molecular weight excluding hydrogens is 273 g/mol. The van der Waals surface area contributed by atoms with E-state index in [0.717, 1.165) is 19.3 Å². The van der Waals surface area contributed by atoms with Crippen LogP contribution in [0.15, 0.2) is 24.3 Å². The molecule has 1 saturated carbocycles. The Morgan fingerprint density at radius 1 is 1.35 bits per heavy atom. The van der Waals surface area contributed by atoms with E-state index in [4.69, 9.17) is 4.74 Å². The van der Waals surface area contributed by atoms with Gasteiger partial charge in [0, 0.05) is 13.5 Å². The highest BCUT2D eigenvalue weighted by Gasteiger charge is 2.39. The van der Waals surface area contributed by atoms with Crippen molar-refractivity contribution in [3.63, 3.8) is 0 Å². The summed E-state index contributed by atoms with van der Waals surface area (Å²) in [6.07, 6.45) is -2.47. The molecule has 0 aromatic heterocycles. The van der Waals surface area contributed by atoms with Crippen LogP contribution >= 0.6 is 0 Å². The zero-order valence-corrected chi connectivity index (χ0v) is 11.1. The summed E-state index contributed by atoms with van der Waals surface area (Å²) in [6, 6.07) is 5.43. The first kappa shape index (κ1) is 15.1. The average molecular weight is 290 g/mol. The minimum absolute atomic E-state index is 0.325. The average Bonchev–Trinajstić information content (AvgIpc) is 2.32. The predicted molar refractivity (Wildman–Crippen MR) is 66.3 cm³/mol. The van der Waals surface area contributed by atoms with E-state index in [-0.39, 0.29) is 11.4 Å². The van der Waals surface area contributed by atoms with Crippen molar-refractivity contribution in [2.24, 2.45) is 0 Å². The monoisotopic (exact) mass is 290 g/mol. The lowest BCUT2D eigenvalue weighted by Crippen LogP contribution is -2.40. The Morgan fingerprint density at radius 3 is 2.55 bits per heavy atom. The minimum Gasteiger partial charge on any atom is -0.406 e. The number of rotatable bonds is 5. The highest BCUT2D eigenvalue weighted by molar-refractivity contribution is 5.30. The summed E-state index contributed by atoms with van der Waals surface area (Å²) in [5.74, 6) is -0.325. The summed E-state index contributed by atoms with van der Waals surface area (Å²) in [5, 5.41) is 10.2. The van der Waals surface area contributed by atoms with Crippen molar-refractivity contribution >= 4 is 0 Å². The van der Waals surface area contributed by atoms with Gasteiger partial charge in [-0.1, -0.05) is 12.1 Å². The number of hydrogen-bond donors (Lipinski definition) is 1. The van der Waals surface area contributed by atoms with Crippen molar-refractivity contribution in [3.8, 4) is 5.75 Å². The van der Waals surface area contributed by atoms with Crippen molar-refractivity contribution in [3.05, 3.63) is 29.8 Å². The van der Waals surface area contributed by atoms with Crippen LogP contribution in [-0.2, 0) is 4.74 Å².